The van der Waals surface area contributed by atoms with Crippen molar-refractivity contribution in [1.29, 1.82) is 0 Å². The topological polar surface area (TPSA) is 28.0 Å². The number of allylic oxidation sites excluding steroid dienone is 6. The van der Waals surface area contributed by atoms with Gasteiger partial charge in [-0.15, -0.1) is 0 Å². The molecule has 0 saturated heterocycles. The molecule has 0 atom stereocenters. The van der Waals surface area contributed by atoms with E-state index in [1.165, 1.54) is 44.5 Å². The van der Waals surface area contributed by atoms with Gasteiger partial charge >= 0.3 is 0 Å². The summed E-state index contributed by atoms with van der Waals surface area (Å²) in [4.78, 5) is 11.5. The van der Waals surface area contributed by atoms with Crippen molar-refractivity contribution in [3.63, 3.8) is 0 Å². The normalized spacial score (nSPS) is 13.5. The molecule has 232 valence electrons. The minimum Gasteiger partial charge on any atom is -0.335 e. The van der Waals surface area contributed by atoms with E-state index in [9.17, 15) is 0 Å². The molecule has 0 unspecified atom stereocenters. The van der Waals surface area contributed by atoms with Gasteiger partial charge in [-0.1, -0.05) is 121 Å². The first-order chi connectivity index (χ1) is 23.1. The molecule has 0 bridgehead atoms. The van der Waals surface area contributed by atoms with Crippen molar-refractivity contribution in [1.82, 2.24) is 0 Å². The lowest BCUT2D eigenvalue weighted by atomic mass is 9.85. The Morgan fingerprint density at radius 1 is 0.745 bits per heavy atom. The molecule has 0 N–H and O–H groups in total. The Morgan fingerprint density at radius 2 is 1.40 bits per heavy atom. The smallest absolute Gasteiger partial charge is 0.0859 e. The molecule has 6 rings (SSSR count). The van der Waals surface area contributed by atoms with Crippen LogP contribution >= 0.6 is 0 Å². The Balaban J connectivity index is 1.29. The van der Waals surface area contributed by atoms with Crippen molar-refractivity contribution >= 4 is 35.1 Å². The van der Waals surface area contributed by atoms with Gasteiger partial charge < -0.3 is 4.90 Å². The number of rotatable bonds is 10. The summed E-state index contributed by atoms with van der Waals surface area (Å²) in [7, 11) is 1.90. The maximum atomic E-state index is 4.89. The molecule has 3 heteroatoms. The van der Waals surface area contributed by atoms with Gasteiger partial charge in [-0.05, 0) is 96.6 Å². The molecule has 0 aromatic heterocycles. The van der Waals surface area contributed by atoms with E-state index in [0.29, 0.717) is 6.54 Å². The predicted octanol–water partition coefficient (Wildman–Crippen LogP) is 11.5. The Labute approximate surface area is 279 Å². The molecule has 0 amide bonds. The Kier molecular flexibility index (Phi) is 9.84. The summed E-state index contributed by atoms with van der Waals surface area (Å²) in [5, 5.41) is 0. The Bertz CT molecular complexity index is 1970. The van der Waals surface area contributed by atoms with Crippen LogP contribution in [0.25, 0.3) is 16.7 Å². The fourth-order valence-corrected chi connectivity index (χ4v) is 6.34. The Morgan fingerprint density at radius 3 is 2.06 bits per heavy atom. The number of benzene rings is 5. The third-order valence-electron chi connectivity index (χ3n) is 8.87. The number of aryl methyl sites for hydroxylation is 1. The predicted molar refractivity (Wildman–Crippen MR) is 203 cm³/mol. The van der Waals surface area contributed by atoms with Crippen LogP contribution in [0, 0.1) is 6.92 Å². The lowest BCUT2D eigenvalue weighted by Gasteiger charge is -2.26. The molecule has 0 radical (unpaired) electrons. The van der Waals surface area contributed by atoms with Crippen molar-refractivity contribution in [3.05, 3.63) is 179 Å². The fraction of sp³-hybridized carbons (Fsp3) is 0.136. The molecular formula is C44H41N3. The van der Waals surface area contributed by atoms with E-state index in [1.807, 2.05) is 31.3 Å². The van der Waals surface area contributed by atoms with Crippen molar-refractivity contribution < 1.29 is 0 Å². The van der Waals surface area contributed by atoms with E-state index in [1.54, 1.807) is 0 Å². The summed E-state index contributed by atoms with van der Waals surface area (Å²) in [5.41, 5.74) is 14.9. The molecule has 3 nitrogen and oxygen atoms in total. The molecule has 5 aromatic carbocycles. The largest absolute Gasteiger partial charge is 0.335 e. The average molecular weight is 612 g/mol. The molecule has 0 fully saturated rings. The van der Waals surface area contributed by atoms with Gasteiger partial charge in [-0.25, -0.2) is 0 Å². The number of nitrogens with zero attached hydrogens (tertiary/aromatic N) is 3. The van der Waals surface area contributed by atoms with Gasteiger partial charge in [0.05, 0.1) is 17.1 Å². The molecule has 47 heavy (non-hydrogen) atoms. The highest BCUT2D eigenvalue weighted by molar-refractivity contribution is 6.33. The average Bonchev–Trinajstić information content (AvgIpc) is 3.14. The van der Waals surface area contributed by atoms with Crippen LogP contribution in [0.4, 0.5) is 17.1 Å². The number of para-hydroxylation sites is 3. The summed E-state index contributed by atoms with van der Waals surface area (Å²) >= 11 is 0. The second-order valence-corrected chi connectivity index (χ2v) is 11.9. The van der Waals surface area contributed by atoms with Crippen LogP contribution in [0.5, 0.6) is 0 Å². The van der Waals surface area contributed by atoms with Crippen LogP contribution in [-0.4, -0.2) is 19.5 Å². The van der Waals surface area contributed by atoms with Gasteiger partial charge in [0.1, 0.15) is 0 Å². The quantitative estimate of drug-likeness (QED) is 0.144. The first-order valence-electron chi connectivity index (χ1n) is 16.3. The van der Waals surface area contributed by atoms with Gasteiger partial charge in [-0.2, -0.15) is 0 Å². The van der Waals surface area contributed by atoms with E-state index < -0.39 is 0 Å². The summed E-state index contributed by atoms with van der Waals surface area (Å²) in [6.45, 7) is 8.94. The minimum absolute atomic E-state index is 0.713. The zero-order valence-electron chi connectivity index (χ0n) is 27.5. The second-order valence-electron chi connectivity index (χ2n) is 11.9. The Hall–Kier alpha value is -5.54. The van der Waals surface area contributed by atoms with E-state index in [-0.39, 0.29) is 0 Å². The number of hydrogen-bond donors (Lipinski definition) is 0. The molecule has 1 aliphatic rings. The second kappa shape index (κ2) is 14.7. The summed E-state index contributed by atoms with van der Waals surface area (Å²) in [6, 6.07) is 44.9. The van der Waals surface area contributed by atoms with E-state index in [2.05, 4.69) is 152 Å². The van der Waals surface area contributed by atoms with Gasteiger partial charge in [0.15, 0.2) is 0 Å². The van der Waals surface area contributed by atoms with Gasteiger partial charge in [-0.3, -0.25) is 9.98 Å². The van der Waals surface area contributed by atoms with Crippen molar-refractivity contribution in [2.45, 2.75) is 33.2 Å². The summed E-state index contributed by atoms with van der Waals surface area (Å²) < 4.78 is 0. The van der Waals surface area contributed by atoms with E-state index >= 15 is 0 Å². The van der Waals surface area contributed by atoms with E-state index in [0.717, 1.165) is 41.2 Å². The molecule has 1 aliphatic carbocycles. The highest BCUT2D eigenvalue weighted by Gasteiger charge is 2.19. The SMILES string of the molecule is C=Nc1ccccc1N(Cc1ccc(-c2ccc(C(=NC)/C(=C(/C)C3=CCCC=C3)c3ccccc3C)cc2)cc1)c1ccccc1. The van der Waals surface area contributed by atoms with Crippen LogP contribution in [-0.2, 0) is 6.54 Å². The fourth-order valence-electron chi connectivity index (χ4n) is 6.34. The minimum atomic E-state index is 0.713. The third kappa shape index (κ3) is 7.00. The molecule has 0 aliphatic heterocycles. The third-order valence-corrected chi connectivity index (χ3v) is 8.87. The zero-order chi connectivity index (χ0) is 32.6. The number of anilines is 2. The zero-order valence-corrected chi connectivity index (χ0v) is 27.5. The number of hydrogen-bond acceptors (Lipinski definition) is 3. The van der Waals surface area contributed by atoms with Gasteiger partial charge in [0.25, 0.3) is 0 Å². The van der Waals surface area contributed by atoms with Crippen LogP contribution in [0.15, 0.2) is 167 Å². The first kappa shape index (κ1) is 31.4. The monoisotopic (exact) mass is 611 g/mol. The van der Waals surface area contributed by atoms with Crippen LogP contribution in [0.3, 0.4) is 0 Å². The van der Waals surface area contributed by atoms with Crippen LogP contribution in [0.1, 0.15) is 42.0 Å². The highest BCUT2D eigenvalue weighted by atomic mass is 15.1. The van der Waals surface area contributed by atoms with Crippen LogP contribution in [0.2, 0.25) is 0 Å². The lowest BCUT2D eigenvalue weighted by molar-refractivity contribution is 0.975. The molecule has 0 heterocycles. The van der Waals surface area contributed by atoms with Gasteiger partial charge in [0, 0.05) is 30.4 Å². The lowest BCUT2D eigenvalue weighted by Crippen LogP contribution is -2.16. The van der Waals surface area contributed by atoms with E-state index in [4.69, 9.17) is 4.99 Å². The molecular weight excluding hydrogens is 571 g/mol. The number of aliphatic imine (C=N–C) groups is 2. The summed E-state index contributed by atoms with van der Waals surface area (Å²) in [5.74, 6) is 0. The first-order valence-corrected chi connectivity index (χ1v) is 16.3. The van der Waals surface area contributed by atoms with Crippen LogP contribution < -0.4 is 4.90 Å². The highest BCUT2D eigenvalue weighted by Crippen LogP contribution is 2.36. The van der Waals surface area contributed by atoms with Gasteiger partial charge in [0.2, 0.25) is 0 Å². The van der Waals surface area contributed by atoms with Crippen molar-refractivity contribution in [3.8, 4) is 11.1 Å². The maximum absolute atomic E-state index is 4.89. The molecule has 5 aromatic rings. The molecule has 0 saturated carbocycles. The summed E-state index contributed by atoms with van der Waals surface area (Å²) in [6.07, 6.45) is 9.04. The standard InChI is InChI=1S/C44H41N3/c1-32-15-11-12-20-40(32)43(33(2)35-16-7-5-8-17-35)44(46-4)38-29-27-37(28-30-38)36-25-23-34(24-26-36)31-47(39-18-9-6-10-19-39)42-22-14-13-21-41(42)45-3/h6-7,9-30H,3,5,8,31H2,1-2,4H3/b43-33-,46-44?. The maximum Gasteiger partial charge on any atom is 0.0859 e. The molecule has 0 spiro atoms. The van der Waals surface area contributed by atoms with Crippen molar-refractivity contribution in [2.75, 3.05) is 11.9 Å². The van der Waals surface area contributed by atoms with Crippen molar-refractivity contribution in [2.24, 2.45) is 9.98 Å².